The normalized spacial score (nSPS) is 9.73. The Labute approximate surface area is 83.9 Å². The van der Waals surface area contributed by atoms with Crippen LogP contribution in [-0.2, 0) is 0 Å². The lowest BCUT2D eigenvalue weighted by Crippen LogP contribution is -1.78. The van der Waals surface area contributed by atoms with Gasteiger partial charge < -0.3 is 0 Å². The molecule has 0 aliphatic heterocycles. The van der Waals surface area contributed by atoms with Gasteiger partial charge in [0, 0.05) is 10.0 Å². The summed E-state index contributed by atoms with van der Waals surface area (Å²) in [4.78, 5) is 0. The first-order valence-electron chi connectivity index (χ1n) is 2.91. The molecule has 1 rings (SSSR count). The molecule has 1 aromatic carbocycles. The van der Waals surface area contributed by atoms with Crippen LogP contribution in [0.25, 0.3) is 4.48 Å². The van der Waals surface area contributed by atoms with Crippen molar-refractivity contribution in [1.29, 1.82) is 0 Å². The van der Waals surface area contributed by atoms with Gasteiger partial charge >= 0.3 is 0 Å². The second-order valence-corrected chi connectivity index (χ2v) is 3.77. The van der Waals surface area contributed by atoms with Gasteiger partial charge in [-0.2, -0.15) is 0 Å². The van der Waals surface area contributed by atoms with Crippen molar-refractivity contribution in [2.24, 2.45) is 0 Å². The number of rotatable bonds is 1. The lowest BCUT2D eigenvalue weighted by Gasteiger charge is -2.02. The van der Waals surface area contributed by atoms with Gasteiger partial charge in [-0.05, 0) is 12.1 Å². The van der Waals surface area contributed by atoms with E-state index in [0.29, 0.717) is 14.5 Å². The molecule has 0 fully saturated rings. The Morgan fingerprint density at radius 1 is 1.27 bits per heavy atom. The molecule has 0 unspecified atom stereocenters. The first kappa shape index (κ1) is 9.11. The zero-order valence-electron chi connectivity index (χ0n) is 5.57. The van der Waals surface area contributed by atoms with E-state index in [0.717, 1.165) is 5.56 Å². The van der Waals surface area contributed by atoms with Crippen LogP contribution in [-0.4, -0.2) is 0 Å². The molecular formula is C8H5BrCl2. The molecule has 0 amide bonds. The molecule has 58 valence electrons. The van der Waals surface area contributed by atoms with Gasteiger partial charge in [-0.3, -0.25) is 0 Å². The maximum atomic E-state index is 5.85. The van der Waals surface area contributed by atoms with Gasteiger partial charge in [0.2, 0.25) is 0 Å². The Balaban J connectivity index is 3.32. The van der Waals surface area contributed by atoms with Gasteiger partial charge in [0.25, 0.3) is 0 Å². The minimum atomic E-state index is 0.611. The number of hydrogen-bond acceptors (Lipinski definition) is 0. The molecule has 0 aliphatic rings. The topological polar surface area (TPSA) is 0 Å². The Kier molecular flexibility index (Phi) is 2.99. The third-order valence-electron chi connectivity index (χ3n) is 1.23. The molecule has 11 heavy (non-hydrogen) atoms. The monoisotopic (exact) mass is 250 g/mol. The average molecular weight is 252 g/mol. The van der Waals surface area contributed by atoms with Crippen molar-refractivity contribution < 1.29 is 0 Å². The Morgan fingerprint density at radius 3 is 2.00 bits per heavy atom. The van der Waals surface area contributed by atoms with Crippen molar-refractivity contribution in [2.75, 3.05) is 0 Å². The van der Waals surface area contributed by atoms with Crippen molar-refractivity contribution in [3.8, 4) is 0 Å². The molecule has 0 saturated heterocycles. The fourth-order valence-electron chi connectivity index (χ4n) is 0.757. The van der Waals surface area contributed by atoms with E-state index in [1.165, 1.54) is 0 Å². The molecular weight excluding hydrogens is 247 g/mol. The standard InChI is InChI=1S/C8H5BrCl2/c1-5(9)8-6(10)3-2-4-7(8)11/h2-4H,1H2. The third-order valence-corrected chi connectivity index (χ3v) is 2.26. The molecule has 1 aromatic rings. The van der Waals surface area contributed by atoms with E-state index < -0.39 is 0 Å². The summed E-state index contributed by atoms with van der Waals surface area (Å²) in [6, 6.07) is 5.34. The smallest absolute Gasteiger partial charge is 0.0504 e. The molecule has 0 saturated carbocycles. The van der Waals surface area contributed by atoms with Crippen molar-refractivity contribution in [2.45, 2.75) is 0 Å². The van der Waals surface area contributed by atoms with Crippen LogP contribution in [0, 0.1) is 0 Å². The van der Waals surface area contributed by atoms with E-state index in [1.807, 2.05) is 0 Å². The highest BCUT2D eigenvalue weighted by Gasteiger charge is 2.05. The second kappa shape index (κ2) is 3.61. The molecule has 0 bridgehead atoms. The van der Waals surface area contributed by atoms with Crippen LogP contribution in [0.3, 0.4) is 0 Å². The summed E-state index contributed by atoms with van der Waals surface area (Å²) in [5.41, 5.74) is 0.760. The molecule has 0 atom stereocenters. The highest BCUT2D eigenvalue weighted by molar-refractivity contribution is 9.15. The predicted molar refractivity (Wildman–Crippen MR) is 54.4 cm³/mol. The van der Waals surface area contributed by atoms with Gasteiger partial charge in [-0.1, -0.05) is 51.8 Å². The first-order valence-corrected chi connectivity index (χ1v) is 4.46. The van der Waals surface area contributed by atoms with Gasteiger partial charge in [0.1, 0.15) is 0 Å². The summed E-state index contributed by atoms with van der Waals surface area (Å²) >= 11 is 14.9. The highest BCUT2D eigenvalue weighted by Crippen LogP contribution is 2.32. The zero-order valence-corrected chi connectivity index (χ0v) is 8.67. The van der Waals surface area contributed by atoms with Gasteiger partial charge in [-0.25, -0.2) is 0 Å². The quantitative estimate of drug-likeness (QED) is 0.696. The summed E-state index contributed by atoms with van der Waals surface area (Å²) in [6.07, 6.45) is 0. The molecule has 0 N–H and O–H groups in total. The number of halogens is 3. The molecule has 0 radical (unpaired) electrons. The van der Waals surface area contributed by atoms with Crippen molar-refractivity contribution in [1.82, 2.24) is 0 Å². The highest BCUT2D eigenvalue weighted by atomic mass is 79.9. The van der Waals surface area contributed by atoms with Crippen molar-refractivity contribution in [3.05, 3.63) is 40.4 Å². The van der Waals surface area contributed by atoms with Crippen LogP contribution in [0.15, 0.2) is 24.8 Å². The summed E-state index contributed by atoms with van der Waals surface area (Å²) in [5, 5.41) is 1.22. The Morgan fingerprint density at radius 2 is 1.73 bits per heavy atom. The second-order valence-electron chi connectivity index (χ2n) is 2.00. The Hall–Kier alpha value is 0.0200. The van der Waals surface area contributed by atoms with E-state index in [-0.39, 0.29) is 0 Å². The fourth-order valence-corrected chi connectivity index (χ4v) is 2.04. The molecule has 0 spiro atoms. The van der Waals surface area contributed by atoms with Crippen LogP contribution in [0.5, 0.6) is 0 Å². The van der Waals surface area contributed by atoms with E-state index >= 15 is 0 Å². The molecule has 0 aliphatic carbocycles. The van der Waals surface area contributed by atoms with E-state index in [4.69, 9.17) is 23.2 Å². The lowest BCUT2D eigenvalue weighted by atomic mass is 10.2. The molecule has 0 nitrogen and oxygen atoms in total. The van der Waals surface area contributed by atoms with Gasteiger partial charge in [0.15, 0.2) is 0 Å². The van der Waals surface area contributed by atoms with Gasteiger partial charge in [-0.15, -0.1) is 0 Å². The van der Waals surface area contributed by atoms with E-state index in [2.05, 4.69) is 22.5 Å². The molecule has 0 aromatic heterocycles. The summed E-state index contributed by atoms with van der Waals surface area (Å²) in [6.45, 7) is 3.69. The number of hydrogen-bond donors (Lipinski definition) is 0. The van der Waals surface area contributed by atoms with Crippen molar-refractivity contribution >= 4 is 43.6 Å². The molecule has 3 heteroatoms. The minimum Gasteiger partial charge on any atom is -0.0840 e. The van der Waals surface area contributed by atoms with E-state index in [9.17, 15) is 0 Å². The maximum Gasteiger partial charge on any atom is 0.0504 e. The SMILES string of the molecule is C=C(Br)c1c(Cl)cccc1Cl. The van der Waals surface area contributed by atoms with Crippen LogP contribution in [0.4, 0.5) is 0 Å². The average Bonchev–Trinajstić information content (AvgIpc) is 1.85. The van der Waals surface area contributed by atoms with Gasteiger partial charge in [0.05, 0.1) is 10.0 Å². The summed E-state index contributed by atoms with van der Waals surface area (Å²) in [5.74, 6) is 0. The summed E-state index contributed by atoms with van der Waals surface area (Å²) in [7, 11) is 0. The summed E-state index contributed by atoms with van der Waals surface area (Å²) < 4.78 is 0.702. The largest absolute Gasteiger partial charge is 0.0840 e. The zero-order chi connectivity index (χ0) is 8.43. The predicted octanol–water partition coefficient (Wildman–Crippen LogP) is 4.36. The van der Waals surface area contributed by atoms with Crippen LogP contribution >= 0.6 is 39.1 Å². The Bertz CT molecular complexity index is 274. The number of benzene rings is 1. The third kappa shape index (κ3) is 1.98. The van der Waals surface area contributed by atoms with Crippen LogP contribution in [0.2, 0.25) is 10.0 Å². The van der Waals surface area contributed by atoms with Crippen LogP contribution < -0.4 is 0 Å². The fraction of sp³-hybridized carbons (Fsp3) is 0. The maximum absolute atomic E-state index is 5.85. The van der Waals surface area contributed by atoms with Crippen molar-refractivity contribution in [3.63, 3.8) is 0 Å². The molecule has 0 heterocycles. The first-order chi connectivity index (χ1) is 5.13. The lowest BCUT2D eigenvalue weighted by molar-refractivity contribution is 1.65. The van der Waals surface area contributed by atoms with E-state index in [1.54, 1.807) is 18.2 Å². The van der Waals surface area contributed by atoms with Crippen LogP contribution in [0.1, 0.15) is 5.56 Å². The minimum absolute atomic E-state index is 0.611.